The summed E-state index contributed by atoms with van der Waals surface area (Å²) in [5, 5.41) is 17.0. The van der Waals surface area contributed by atoms with E-state index in [1.54, 1.807) is 12.1 Å². The van der Waals surface area contributed by atoms with Crippen LogP contribution in [0.5, 0.6) is 5.88 Å². The van der Waals surface area contributed by atoms with Crippen LogP contribution in [0.25, 0.3) is 0 Å². The van der Waals surface area contributed by atoms with Gasteiger partial charge in [0.15, 0.2) is 11.4 Å². The van der Waals surface area contributed by atoms with Gasteiger partial charge in [-0.2, -0.15) is 15.5 Å². The standard InChI is InChI=1S/C7H4N4O/c1-12-7-4-10-5(2-8)6(3-9)11-7/h4H,1H3. The van der Waals surface area contributed by atoms with Crippen molar-refractivity contribution in [2.24, 2.45) is 0 Å². The summed E-state index contributed by atoms with van der Waals surface area (Å²) in [5.74, 6) is 0.227. The largest absolute Gasteiger partial charge is 0.480 e. The SMILES string of the molecule is COc1cnc(C#N)c(C#N)n1. The summed E-state index contributed by atoms with van der Waals surface area (Å²) in [6.45, 7) is 0. The third kappa shape index (κ3) is 1.30. The van der Waals surface area contributed by atoms with Gasteiger partial charge in [0.1, 0.15) is 12.1 Å². The molecule has 0 atom stereocenters. The van der Waals surface area contributed by atoms with Crippen LogP contribution in [0.3, 0.4) is 0 Å². The smallest absolute Gasteiger partial charge is 0.233 e. The highest BCUT2D eigenvalue weighted by atomic mass is 16.5. The van der Waals surface area contributed by atoms with Gasteiger partial charge in [0.2, 0.25) is 5.88 Å². The summed E-state index contributed by atoms with van der Waals surface area (Å²) in [7, 11) is 1.41. The summed E-state index contributed by atoms with van der Waals surface area (Å²) in [6.07, 6.45) is 1.29. The van der Waals surface area contributed by atoms with Crippen molar-refractivity contribution in [3.05, 3.63) is 17.6 Å². The molecule has 58 valence electrons. The number of aromatic nitrogens is 2. The summed E-state index contributed by atoms with van der Waals surface area (Å²) in [4.78, 5) is 7.38. The van der Waals surface area contributed by atoms with Gasteiger partial charge >= 0.3 is 0 Å². The van der Waals surface area contributed by atoms with Gasteiger partial charge in [0.25, 0.3) is 0 Å². The number of ether oxygens (including phenoxy) is 1. The van der Waals surface area contributed by atoms with Crippen molar-refractivity contribution in [1.29, 1.82) is 10.5 Å². The van der Waals surface area contributed by atoms with Gasteiger partial charge in [-0.1, -0.05) is 0 Å². The zero-order chi connectivity index (χ0) is 8.97. The first-order valence-electron chi connectivity index (χ1n) is 3.03. The van der Waals surface area contributed by atoms with Crippen molar-refractivity contribution in [1.82, 2.24) is 9.97 Å². The molecule has 1 aromatic rings. The van der Waals surface area contributed by atoms with E-state index in [1.807, 2.05) is 0 Å². The van der Waals surface area contributed by atoms with E-state index in [2.05, 4.69) is 9.97 Å². The molecule has 1 rings (SSSR count). The lowest BCUT2D eigenvalue weighted by molar-refractivity contribution is 0.395. The molecular weight excluding hydrogens is 156 g/mol. The minimum atomic E-state index is -0.0168. The van der Waals surface area contributed by atoms with E-state index >= 15 is 0 Å². The van der Waals surface area contributed by atoms with E-state index in [0.29, 0.717) is 0 Å². The predicted molar refractivity (Wildman–Crippen MR) is 38.0 cm³/mol. The molecule has 0 amide bonds. The van der Waals surface area contributed by atoms with Crippen LogP contribution in [0.4, 0.5) is 0 Å². The van der Waals surface area contributed by atoms with Crippen LogP contribution in [0.1, 0.15) is 11.4 Å². The second kappa shape index (κ2) is 3.31. The lowest BCUT2D eigenvalue weighted by Gasteiger charge is -1.97. The second-order valence-corrected chi connectivity index (χ2v) is 1.83. The van der Waals surface area contributed by atoms with Gasteiger partial charge in [-0.05, 0) is 0 Å². The molecule has 0 unspecified atom stereocenters. The van der Waals surface area contributed by atoms with E-state index in [0.717, 1.165) is 0 Å². The number of hydrogen-bond donors (Lipinski definition) is 0. The maximum Gasteiger partial charge on any atom is 0.233 e. The Bertz CT molecular complexity index is 374. The molecule has 0 saturated carbocycles. The van der Waals surface area contributed by atoms with E-state index in [1.165, 1.54) is 13.3 Å². The van der Waals surface area contributed by atoms with Crippen LogP contribution < -0.4 is 4.74 Å². The third-order valence-electron chi connectivity index (χ3n) is 1.17. The highest BCUT2D eigenvalue weighted by molar-refractivity contribution is 5.36. The van der Waals surface area contributed by atoms with Crippen LogP contribution in [-0.4, -0.2) is 17.1 Å². The van der Waals surface area contributed by atoms with Gasteiger partial charge in [0, 0.05) is 0 Å². The first-order chi connectivity index (χ1) is 5.81. The number of nitriles is 2. The summed E-state index contributed by atoms with van der Waals surface area (Å²) in [5.41, 5.74) is -0.00449. The molecule has 0 N–H and O–H groups in total. The van der Waals surface area contributed by atoms with Crippen LogP contribution in [0.2, 0.25) is 0 Å². The quantitative estimate of drug-likeness (QED) is 0.587. The van der Waals surface area contributed by atoms with Gasteiger partial charge in [0.05, 0.1) is 13.3 Å². The molecule has 0 saturated heterocycles. The predicted octanol–water partition coefficient (Wildman–Crippen LogP) is 0.229. The van der Waals surface area contributed by atoms with Gasteiger partial charge in [-0.25, -0.2) is 4.98 Å². The normalized spacial score (nSPS) is 8.25. The van der Waals surface area contributed by atoms with Crippen LogP contribution in [0, 0.1) is 22.7 Å². The van der Waals surface area contributed by atoms with E-state index in [4.69, 9.17) is 15.3 Å². The minimum Gasteiger partial charge on any atom is -0.480 e. The van der Waals surface area contributed by atoms with Gasteiger partial charge in [-0.3, -0.25) is 0 Å². The molecular formula is C7H4N4O. The van der Waals surface area contributed by atoms with Crippen molar-refractivity contribution in [3.63, 3.8) is 0 Å². The Morgan fingerprint density at radius 2 is 2.00 bits per heavy atom. The molecule has 0 aromatic carbocycles. The summed E-state index contributed by atoms with van der Waals surface area (Å²) < 4.78 is 4.72. The number of hydrogen-bond acceptors (Lipinski definition) is 5. The van der Waals surface area contributed by atoms with Gasteiger partial charge < -0.3 is 4.74 Å². The van der Waals surface area contributed by atoms with Crippen molar-refractivity contribution < 1.29 is 4.74 Å². The fourth-order valence-electron chi connectivity index (χ4n) is 0.631. The Morgan fingerprint density at radius 1 is 1.33 bits per heavy atom. The van der Waals surface area contributed by atoms with Gasteiger partial charge in [-0.15, -0.1) is 0 Å². The molecule has 0 radical (unpaired) electrons. The van der Waals surface area contributed by atoms with Crippen molar-refractivity contribution in [3.8, 4) is 18.0 Å². The second-order valence-electron chi connectivity index (χ2n) is 1.83. The zero-order valence-electron chi connectivity index (χ0n) is 6.27. The Balaban J connectivity index is 3.25. The molecule has 0 aliphatic rings. The molecule has 1 aromatic heterocycles. The maximum atomic E-state index is 8.51. The first kappa shape index (κ1) is 7.96. The lowest BCUT2D eigenvalue weighted by atomic mass is 10.3. The molecule has 12 heavy (non-hydrogen) atoms. The molecule has 0 bridgehead atoms. The average molecular weight is 160 g/mol. The summed E-state index contributed by atoms with van der Waals surface area (Å²) >= 11 is 0. The van der Waals surface area contributed by atoms with E-state index in [-0.39, 0.29) is 17.3 Å². The highest BCUT2D eigenvalue weighted by Crippen LogP contribution is 2.06. The zero-order valence-corrected chi connectivity index (χ0v) is 6.27. The molecule has 0 spiro atoms. The third-order valence-corrected chi connectivity index (χ3v) is 1.17. The number of methoxy groups -OCH3 is 1. The Morgan fingerprint density at radius 3 is 2.50 bits per heavy atom. The molecule has 0 aliphatic carbocycles. The molecule has 0 fully saturated rings. The van der Waals surface area contributed by atoms with Crippen LogP contribution in [-0.2, 0) is 0 Å². The molecule has 5 nitrogen and oxygen atoms in total. The first-order valence-corrected chi connectivity index (χ1v) is 3.03. The lowest BCUT2D eigenvalue weighted by Crippen LogP contribution is -1.96. The van der Waals surface area contributed by atoms with Crippen molar-refractivity contribution in [2.45, 2.75) is 0 Å². The number of rotatable bonds is 1. The van der Waals surface area contributed by atoms with Crippen LogP contribution >= 0.6 is 0 Å². The van der Waals surface area contributed by atoms with Crippen molar-refractivity contribution >= 4 is 0 Å². The van der Waals surface area contributed by atoms with Crippen LogP contribution in [0.15, 0.2) is 6.20 Å². The minimum absolute atomic E-state index is 0.0123. The van der Waals surface area contributed by atoms with E-state index < -0.39 is 0 Å². The fraction of sp³-hybridized carbons (Fsp3) is 0.143. The van der Waals surface area contributed by atoms with E-state index in [9.17, 15) is 0 Å². The Labute approximate surface area is 68.9 Å². The Kier molecular flexibility index (Phi) is 2.20. The fourth-order valence-corrected chi connectivity index (χ4v) is 0.631. The Hall–Kier alpha value is -2.14. The number of nitrogens with zero attached hydrogens (tertiary/aromatic N) is 4. The monoisotopic (exact) mass is 160 g/mol. The van der Waals surface area contributed by atoms with Crippen molar-refractivity contribution in [2.75, 3.05) is 7.11 Å². The maximum absolute atomic E-state index is 8.51. The summed E-state index contributed by atoms with van der Waals surface area (Å²) in [6, 6.07) is 3.49. The molecule has 0 aliphatic heterocycles. The topological polar surface area (TPSA) is 82.6 Å². The molecule has 5 heteroatoms. The molecule has 1 heterocycles. The highest BCUT2D eigenvalue weighted by Gasteiger charge is 2.05. The average Bonchev–Trinajstić information content (AvgIpc) is 2.16.